The molecular weight excluding hydrogens is 256 g/mol. The van der Waals surface area contributed by atoms with E-state index in [0.29, 0.717) is 13.1 Å². The Labute approximate surface area is 118 Å². The molecule has 0 saturated carbocycles. The highest BCUT2D eigenvalue weighted by Crippen LogP contribution is 2.09. The molecule has 0 bridgehead atoms. The van der Waals surface area contributed by atoms with E-state index in [9.17, 15) is 9.59 Å². The topological polar surface area (TPSA) is 69.6 Å². The maximum absolute atomic E-state index is 11.9. The van der Waals surface area contributed by atoms with Crippen molar-refractivity contribution >= 4 is 11.9 Å². The van der Waals surface area contributed by atoms with Gasteiger partial charge in [0.25, 0.3) is 0 Å². The minimum atomic E-state index is -0.922. The van der Waals surface area contributed by atoms with E-state index < -0.39 is 5.97 Å². The summed E-state index contributed by atoms with van der Waals surface area (Å²) in [6.45, 7) is 2.06. The molecule has 0 radical (unpaired) electrons. The zero-order chi connectivity index (χ0) is 14.4. The van der Waals surface area contributed by atoms with E-state index in [-0.39, 0.29) is 24.8 Å². The van der Waals surface area contributed by atoms with Crippen molar-refractivity contribution in [3.8, 4) is 0 Å². The minimum absolute atomic E-state index is 0.0630. The van der Waals surface area contributed by atoms with E-state index >= 15 is 0 Å². The largest absolute Gasteiger partial charge is 0.481 e. The summed E-state index contributed by atoms with van der Waals surface area (Å²) >= 11 is 0. The fraction of sp³-hybridized carbons (Fsp3) is 0.467. The lowest BCUT2D eigenvalue weighted by Crippen LogP contribution is -2.53. The average molecular weight is 276 g/mol. The first-order valence-electron chi connectivity index (χ1n) is 6.92. The van der Waals surface area contributed by atoms with Crippen LogP contribution in [0.1, 0.15) is 18.4 Å². The minimum Gasteiger partial charge on any atom is -0.481 e. The Morgan fingerprint density at radius 3 is 2.70 bits per heavy atom. The third-order valence-corrected chi connectivity index (χ3v) is 3.49. The highest BCUT2D eigenvalue weighted by atomic mass is 16.4. The van der Waals surface area contributed by atoms with Crippen LogP contribution in [0.5, 0.6) is 0 Å². The molecule has 108 valence electrons. The van der Waals surface area contributed by atoms with Crippen LogP contribution in [0.25, 0.3) is 0 Å². The predicted octanol–water partition coefficient (Wildman–Crippen LogP) is 0.894. The number of hydrogen-bond acceptors (Lipinski definition) is 3. The molecule has 1 saturated heterocycles. The highest BCUT2D eigenvalue weighted by Gasteiger charge is 2.23. The molecule has 1 aromatic rings. The summed E-state index contributed by atoms with van der Waals surface area (Å²) in [5.41, 5.74) is 1.24. The van der Waals surface area contributed by atoms with Crippen LogP contribution in [0.3, 0.4) is 0 Å². The summed E-state index contributed by atoms with van der Waals surface area (Å²) in [6, 6.07) is 10.4. The summed E-state index contributed by atoms with van der Waals surface area (Å²) in [6.07, 6.45) is 0.878. The van der Waals surface area contributed by atoms with E-state index in [1.807, 2.05) is 18.2 Å². The number of carboxylic acid groups (broad SMARTS) is 1. The maximum atomic E-state index is 11.9. The molecular formula is C15H20N2O3. The van der Waals surface area contributed by atoms with Gasteiger partial charge in [-0.25, -0.2) is 0 Å². The molecule has 1 aliphatic rings. The molecule has 1 unspecified atom stereocenters. The lowest BCUT2D eigenvalue weighted by Gasteiger charge is -2.34. The van der Waals surface area contributed by atoms with Crippen LogP contribution in [-0.4, -0.2) is 47.6 Å². The SMILES string of the molecule is O=C(O)CCC(=O)N1CCNC(Cc2ccccc2)C1. The van der Waals surface area contributed by atoms with Gasteiger partial charge in [0, 0.05) is 32.1 Å². The summed E-state index contributed by atoms with van der Waals surface area (Å²) in [5, 5.41) is 12.0. The van der Waals surface area contributed by atoms with Gasteiger partial charge in [0.2, 0.25) is 5.91 Å². The van der Waals surface area contributed by atoms with E-state index in [0.717, 1.165) is 13.0 Å². The summed E-state index contributed by atoms with van der Waals surface area (Å²) in [4.78, 5) is 24.2. The van der Waals surface area contributed by atoms with E-state index in [1.165, 1.54) is 5.56 Å². The molecule has 2 N–H and O–H groups in total. The molecule has 5 heteroatoms. The van der Waals surface area contributed by atoms with Gasteiger partial charge in [0.05, 0.1) is 6.42 Å². The molecule has 1 heterocycles. The number of carboxylic acids is 1. The van der Waals surface area contributed by atoms with Crippen LogP contribution in [0.2, 0.25) is 0 Å². The third kappa shape index (κ3) is 4.35. The first-order valence-corrected chi connectivity index (χ1v) is 6.92. The van der Waals surface area contributed by atoms with Gasteiger partial charge in [-0.05, 0) is 12.0 Å². The van der Waals surface area contributed by atoms with Crippen molar-refractivity contribution in [3.05, 3.63) is 35.9 Å². The second-order valence-electron chi connectivity index (χ2n) is 5.07. The van der Waals surface area contributed by atoms with Crippen LogP contribution in [0.4, 0.5) is 0 Å². The van der Waals surface area contributed by atoms with Gasteiger partial charge >= 0.3 is 5.97 Å². The number of rotatable bonds is 5. The number of nitrogens with zero attached hydrogens (tertiary/aromatic N) is 1. The van der Waals surface area contributed by atoms with Gasteiger partial charge in [-0.15, -0.1) is 0 Å². The van der Waals surface area contributed by atoms with E-state index in [2.05, 4.69) is 17.4 Å². The molecule has 0 aromatic heterocycles. The number of nitrogens with one attached hydrogen (secondary N) is 1. The number of amides is 1. The first kappa shape index (κ1) is 14.5. The Balaban J connectivity index is 1.85. The van der Waals surface area contributed by atoms with Crippen LogP contribution in [0.15, 0.2) is 30.3 Å². The molecule has 1 fully saturated rings. The zero-order valence-corrected chi connectivity index (χ0v) is 11.4. The average Bonchev–Trinajstić information content (AvgIpc) is 2.46. The summed E-state index contributed by atoms with van der Waals surface area (Å²) in [5.74, 6) is -0.985. The van der Waals surface area contributed by atoms with Gasteiger partial charge < -0.3 is 15.3 Å². The maximum Gasteiger partial charge on any atom is 0.303 e. The predicted molar refractivity (Wildman–Crippen MR) is 75.4 cm³/mol. The molecule has 2 rings (SSSR count). The fourth-order valence-electron chi connectivity index (χ4n) is 2.46. The van der Waals surface area contributed by atoms with Gasteiger partial charge in [0.15, 0.2) is 0 Å². The zero-order valence-electron chi connectivity index (χ0n) is 11.4. The fourth-order valence-corrected chi connectivity index (χ4v) is 2.46. The van der Waals surface area contributed by atoms with Gasteiger partial charge in [-0.3, -0.25) is 9.59 Å². The Morgan fingerprint density at radius 1 is 1.25 bits per heavy atom. The first-order chi connectivity index (χ1) is 9.65. The van der Waals surface area contributed by atoms with E-state index in [1.54, 1.807) is 4.90 Å². The number of aliphatic carboxylic acids is 1. The monoisotopic (exact) mass is 276 g/mol. The molecule has 5 nitrogen and oxygen atoms in total. The number of piperazine rings is 1. The Kier molecular flexibility index (Phi) is 5.12. The number of carbonyl (C=O) groups excluding carboxylic acids is 1. The molecule has 1 aliphatic heterocycles. The van der Waals surface area contributed by atoms with E-state index in [4.69, 9.17) is 5.11 Å². The van der Waals surface area contributed by atoms with Crippen molar-refractivity contribution in [1.29, 1.82) is 0 Å². The van der Waals surface area contributed by atoms with Crippen molar-refractivity contribution in [2.45, 2.75) is 25.3 Å². The Bertz CT molecular complexity index is 461. The quantitative estimate of drug-likeness (QED) is 0.838. The highest BCUT2D eigenvalue weighted by molar-refractivity contribution is 5.80. The van der Waals surface area contributed by atoms with Crippen LogP contribution in [0, 0.1) is 0 Å². The molecule has 1 amide bonds. The summed E-state index contributed by atoms with van der Waals surface area (Å²) < 4.78 is 0. The van der Waals surface area contributed by atoms with Crippen LogP contribution >= 0.6 is 0 Å². The Morgan fingerprint density at radius 2 is 2.00 bits per heavy atom. The molecule has 20 heavy (non-hydrogen) atoms. The van der Waals surface area contributed by atoms with Crippen molar-refractivity contribution in [2.75, 3.05) is 19.6 Å². The standard InChI is InChI=1S/C15H20N2O3/c18-14(6-7-15(19)20)17-9-8-16-13(11-17)10-12-4-2-1-3-5-12/h1-5,13,16H,6-11H2,(H,19,20). The van der Waals surface area contributed by atoms with Gasteiger partial charge in [-0.1, -0.05) is 30.3 Å². The molecule has 1 atom stereocenters. The number of hydrogen-bond donors (Lipinski definition) is 2. The molecule has 0 aliphatic carbocycles. The second-order valence-corrected chi connectivity index (χ2v) is 5.07. The van der Waals surface area contributed by atoms with Crippen molar-refractivity contribution in [3.63, 3.8) is 0 Å². The van der Waals surface area contributed by atoms with Crippen LogP contribution < -0.4 is 5.32 Å². The van der Waals surface area contributed by atoms with Crippen molar-refractivity contribution in [1.82, 2.24) is 10.2 Å². The lowest BCUT2D eigenvalue weighted by atomic mass is 10.0. The van der Waals surface area contributed by atoms with Gasteiger partial charge in [0.1, 0.15) is 0 Å². The summed E-state index contributed by atoms with van der Waals surface area (Å²) in [7, 11) is 0. The lowest BCUT2D eigenvalue weighted by molar-refractivity contribution is -0.141. The molecule has 0 spiro atoms. The third-order valence-electron chi connectivity index (χ3n) is 3.49. The van der Waals surface area contributed by atoms with Gasteiger partial charge in [-0.2, -0.15) is 0 Å². The Hall–Kier alpha value is -1.88. The van der Waals surface area contributed by atoms with Crippen molar-refractivity contribution in [2.24, 2.45) is 0 Å². The molecule has 1 aromatic carbocycles. The number of carbonyl (C=O) groups is 2. The smallest absolute Gasteiger partial charge is 0.303 e. The van der Waals surface area contributed by atoms with Crippen LogP contribution in [-0.2, 0) is 16.0 Å². The normalized spacial score (nSPS) is 18.8. The second kappa shape index (κ2) is 7.05. The number of benzene rings is 1. The van der Waals surface area contributed by atoms with Crippen molar-refractivity contribution < 1.29 is 14.7 Å².